The molecule has 1 atom stereocenters. The molecule has 1 heteroatoms. The molecule has 0 heterocycles. The first-order valence-corrected chi connectivity index (χ1v) is 5.83. The van der Waals surface area contributed by atoms with Gasteiger partial charge in [-0.1, -0.05) is 25.0 Å². The van der Waals surface area contributed by atoms with E-state index in [-0.39, 0.29) is 6.10 Å². The van der Waals surface area contributed by atoms with Gasteiger partial charge in [0.05, 0.1) is 6.10 Å². The van der Waals surface area contributed by atoms with Crippen molar-refractivity contribution in [3.8, 4) is 0 Å². The van der Waals surface area contributed by atoms with E-state index >= 15 is 0 Å². The molecule has 1 saturated carbocycles. The third-order valence-corrected chi connectivity index (χ3v) is 3.49. The monoisotopic (exact) mass is 204 g/mol. The van der Waals surface area contributed by atoms with Crippen molar-refractivity contribution in [3.63, 3.8) is 0 Å². The summed E-state index contributed by atoms with van der Waals surface area (Å²) in [7, 11) is 0. The van der Waals surface area contributed by atoms with Crippen LogP contribution < -0.4 is 0 Å². The lowest BCUT2D eigenvalue weighted by Crippen LogP contribution is -2.02. The standard InChI is InChI=1S/C14H20O/c1-9-6-11(3)13(7-10(9)2)14(15)8-12-4-5-12/h6-7,12,14-15H,4-5,8H2,1-3H3. The first kappa shape index (κ1) is 10.7. The average molecular weight is 204 g/mol. The number of aliphatic hydroxyl groups excluding tert-OH is 1. The van der Waals surface area contributed by atoms with Gasteiger partial charge in [-0.25, -0.2) is 0 Å². The number of hydrogen-bond donors (Lipinski definition) is 1. The van der Waals surface area contributed by atoms with Crippen molar-refractivity contribution in [1.82, 2.24) is 0 Å². The highest BCUT2D eigenvalue weighted by Crippen LogP contribution is 2.38. The highest BCUT2D eigenvalue weighted by Gasteiger charge is 2.25. The third kappa shape index (κ3) is 2.40. The number of hydrogen-bond acceptors (Lipinski definition) is 1. The van der Waals surface area contributed by atoms with Gasteiger partial charge in [-0.05, 0) is 55.4 Å². The van der Waals surface area contributed by atoms with Crippen LogP contribution in [0.5, 0.6) is 0 Å². The average Bonchev–Trinajstić information content (AvgIpc) is 2.95. The van der Waals surface area contributed by atoms with E-state index in [1.165, 1.54) is 29.5 Å². The van der Waals surface area contributed by atoms with Crippen molar-refractivity contribution in [2.45, 2.75) is 46.1 Å². The Bertz CT molecular complexity index is 364. The fourth-order valence-electron chi connectivity index (χ4n) is 2.14. The lowest BCUT2D eigenvalue weighted by atomic mass is 9.95. The van der Waals surface area contributed by atoms with Crippen LogP contribution in [0, 0.1) is 26.7 Å². The second kappa shape index (κ2) is 3.97. The molecule has 0 spiro atoms. The van der Waals surface area contributed by atoms with Gasteiger partial charge in [0.1, 0.15) is 0 Å². The number of aliphatic hydroxyl groups is 1. The molecule has 0 saturated heterocycles. The van der Waals surface area contributed by atoms with Gasteiger partial charge in [0.15, 0.2) is 0 Å². The van der Waals surface area contributed by atoms with Crippen LogP contribution in [0.15, 0.2) is 12.1 Å². The van der Waals surface area contributed by atoms with Crippen LogP contribution in [0.1, 0.15) is 47.6 Å². The van der Waals surface area contributed by atoms with Crippen LogP contribution in [-0.2, 0) is 0 Å². The van der Waals surface area contributed by atoms with Gasteiger partial charge in [-0.3, -0.25) is 0 Å². The van der Waals surface area contributed by atoms with E-state index in [0.717, 1.165) is 17.9 Å². The summed E-state index contributed by atoms with van der Waals surface area (Å²) in [4.78, 5) is 0. The van der Waals surface area contributed by atoms with E-state index in [0.29, 0.717) is 0 Å². The molecule has 0 aliphatic heterocycles. The topological polar surface area (TPSA) is 20.2 Å². The second-order valence-electron chi connectivity index (χ2n) is 4.99. The van der Waals surface area contributed by atoms with Crippen molar-refractivity contribution in [3.05, 3.63) is 34.4 Å². The van der Waals surface area contributed by atoms with E-state index in [2.05, 4.69) is 32.9 Å². The molecule has 2 rings (SSSR count). The Hall–Kier alpha value is -0.820. The first-order valence-electron chi connectivity index (χ1n) is 5.83. The molecule has 15 heavy (non-hydrogen) atoms. The molecule has 0 bridgehead atoms. The minimum Gasteiger partial charge on any atom is -0.388 e. The molecule has 1 N–H and O–H groups in total. The van der Waals surface area contributed by atoms with Crippen LogP contribution in [-0.4, -0.2) is 5.11 Å². The van der Waals surface area contributed by atoms with Crippen molar-refractivity contribution < 1.29 is 5.11 Å². The van der Waals surface area contributed by atoms with Gasteiger partial charge >= 0.3 is 0 Å². The highest BCUT2D eigenvalue weighted by atomic mass is 16.3. The summed E-state index contributed by atoms with van der Waals surface area (Å²) in [5.74, 6) is 0.779. The molecule has 1 nitrogen and oxygen atoms in total. The van der Waals surface area contributed by atoms with E-state index in [1.54, 1.807) is 0 Å². The van der Waals surface area contributed by atoms with E-state index in [9.17, 15) is 5.11 Å². The summed E-state index contributed by atoms with van der Waals surface area (Å²) < 4.78 is 0. The van der Waals surface area contributed by atoms with E-state index in [4.69, 9.17) is 0 Å². The zero-order valence-electron chi connectivity index (χ0n) is 9.88. The van der Waals surface area contributed by atoms with Gasteiger partial charge in [-0.15, -0.1) is 0 Å². The number of aryl methyl sites for hydroxylation is 3. The minimum atomic E-state index is -0.253. The Morgan fingerprint density at radius 2 is 1.73 bits per heavy atom. The zero-order chi connectivity index (χ0) is 11.0. The van der Waals surface area contributed by atoms with Crippen molar-refractivity contribution >= 4 is 0 Å². The fourth-order valence-corrected chi connectivity index (χ4v) is 2.14. The maximum Gasteiger partial charge on any atom is 0.0795 e. The lowest BCUT2D eigenvalue weighted by Gasteiger charge is -2.15. The quantitative estimate of drug-likeness (QED) is 0.799. The van der Waals surface area contributed by atoms with Crippen LogP contribution in [0.3, 0.4) is 0 Å². The smallest absolute Gasteiger partial charge is 0.0795 e. The van der Waals surface area contributed by atoms with Gasteiger partial charge in [-0.2, -0.15) is 0 Å². The predicted octanol–water partition coefficient (Wildman–Crippen LogP) is 3.45. The maximum absolute atomic E-state index is 10.1. The Kier molecular flexibility index (Phi) is 2.83. The van der Waals surface area contributed by atoms with Crippen molar-refractivity contribution in [2.75, 3.05) is 0 Å². The number of rotatable bonds is 3. The van der Waals surface area contributed by atoms with Gasteiger partial charge in [0, 0.05) is 0 Å². The van der Waals surface area contributed by atoms with Crippen LogP contribution in [0.4, 0.5) is 0 Å². The Balaban J connectivity index is 2.21. The lowest BCUT2D eigenvalue weighted by molar-refractivity contribution is 0.159. The summed E-state index contributed by atoms with van der Waals surface area (Å²) in [6, 6.07) is 4.33. The molecular weight excluding hydrogens is 184 g/mol. The molecule has 0 aromatic heterocycles. The maximum atomic E-state index is 10.1. The van der Waals surface area contributed by atoms with Crippen LogP contribution in [0.25, 0.3) is 0 Å². The second-order valence-corrected chi connectivity index (χ2v) is 4.99. The first-order chi connectivity index (χ1) is 7.08. The molecule has 1 unspecified atom stereocenters. The van der Waals surface area contributed by atoms with Gasteiger partial charge in [0.25, 0.3) is 0 Å². The SMILES string of the molecule is Cc1cc(C)c(C(O)CC2CC2)cc1C. The van der Waals surface area contributed by atoms with E-state index < -0.39 is 0 Å². The van der Waals surface area contributed by atoms with Crippen molar-refractivity contribution in [1.29, 1.82) is 0 Å². The van der Waals surface area contributed by atoms with Gasteiger partial charge < -0.3 is 5.11 Å². The molecule has 1 fully saturated rings. The summed E-state index contributed by atoms with van der Waals surface area (Å²) in [6.45, 7) is 6.33. The summed E-state index contributed by atoms with van der Waals surface area (Å²) >= 11 is 0. The molecule has 1 aliphatic rings. The zero-order valence-corrected chi connectivity index (χ0v) is 9.88. The number of benzene rings is 1. The molecule has 0 radical (unpaired) electrons. The predicted molar refractivity (Wildman–Crippen MR) is 63.0 cm³/mol. The summed E-state index contributed by atoms with van der Waals surface area (Å²) in [5.41, 5.74) is 4.96. The molecule has 1 aromatic carbocycles. The molecule has 82 valence electrons. The summed E-state index contributed by atoms with van der Waals surface area (Å²) in [6.07, 6.45) is 3.31. The fraction of sp³-hybridized carbons (Fsp3) is 0.571. The molecule has 1 aliphatic carbocycles. The highest BCUT2D eigenvalue weighted by molar-refractivity contribution is 5.37. The Morgan fingerprint density at radius 3 is 2.33 bits per heavy atom. The van der Waals surface area contributed by atoms with Gasteiger partial charge in [0.2, 0.25) is 0 Å². The summed E-state index contributed by atoms with van der Waals surface area (Å²) in [5, 5.41) is 10.1. The molecule has 1 aromatic rings. The Labute approximate surface area is 92.1 Å². The van der Waals surface area contributed by atoms with Crippen LogP contribution >= 0.6 is 0 Å². The van der Waals surface area contributed by atoms with E-state index in [1.807, 2.05) is 0 Å². The third-order valence-electron chi connectivity index (χ3n) is 3.49. The molecular formula is C14H20O. The van der Waals surface area contributed by atoms with Crippen LogP contribution in [0.2, 0.25) is 0 Å². The van der Waals surface area contributed by atoms with Crippen molar-refractivity contribution in [2.24, 2.45) is 5.92 Å². The largest absolute Gasteiger partial charge is 0.388 e. The minimum absolute atomic E-state index is 0.253. The Morgan fingerprint density at radius 1 is 1.13 bits per heavy atom. The molecule has 0 amide bonds. The normalized spacial score (nSPS) is 17.9.